The van der Waals surface area contributed by atoms with Gasteiger partial charge >= 0.3 is 0 Å². The number of nitrogens with zero attached hydrogens (tertiary/aromatic N) is 1. The summed E-state index contributed by atoms with van der Waals surface area (Å²) < 4.78 is 23.0. The summed E-state index contributed by atoms with van der Waals surface area (Å²) in [4.78, 5) is 3.90. The topological polar surface area (TPSA) is 114 Å². The van der Waals surface area contributed by atoms with Gasteiger partial charge in [-0.2, -0.15) is 0 Å². The van der Waals surface area contributed by atoms with Crippen molar-refractivity contribution >= 4 is 9.84 Å². The van der Waals surface area contributed by atoms with Crippen LogP contribution >= 0.6 is 0 Å². The van der Waals surface area contributed by atoms with Gasteiger partial charge in [-0.15, -0.1) is 0 Å². The van der Waals surface area contributed by atoms with Gasteiger partial charge in [-0.3, -0.25) is 10.7 Å². The van der Waals surface area contributed by atoms with Crippen molar-refractivity contribution in [2.24, 2.45) is 5.73 Å². The third-order valence-electron chi connectivity index (χ3n) is 2.41. The molecule has 0 spiro atoms. The van der Waals surface area contributed by atoms with Gasteiger partial charge < -0.3 is 10.2 Å². The standard InChI is InChI=1S/C10H16N2O4S/c1-2-17(15,16)8-3-4-9(12-7-8)10(11,14)5-6-13/h3-4,7,13-14H,2,5-6,11H2,1H3. The van der Waals surface area contributed by atoms with Gasteiger partial charge in [0.25, 0.3) is 0 Å². The molecule has 0 aromatic carbocycles. The maximum Gasteiger partial charge on any atom is 0.179 e. The summed E-state index contributed by atoms with van der Waals surface area (Å²) in [5.74, 6) is -0.0163. The molecule has 0 aliphatic rings. The van der Waals surface area contributed by atoms with Crippen molar-refractivity contribution in [3.63, 3.8) is 0 Å². The summed E-state index contributed by atoms with van der Waals surface area (Å²) in [5.41, 5.74) is 3.90. The Kier molecular flexibility index (Phi) is 4.21. The van der Waals surface area contributed by atoms with Crippen LogP contribution in [0, 0.1) is 0 Å². The van der Waals surface area contributed by atoms with E-state index in [1.54, 1.807) is 0 Å². The largest absolute Gasteiger partial charge is 0.396 e. The zero-order valence-corrected chi connectivity index (χ0v) is 10.3. The van der Waals surface area contributed by atoms with Crippen molar-refractivity contribution in [1.29, 1.82) is 0 Å². The lowest BCUT2D eigenvalue weighted by atomic mass is 10.1. The average molecular weight is 260 g/mol. The van der Waals surface area contributed by atoms with E-state index in [1.165, 1.54) is 19.1 Å². The summed E-state index contributed by atoms with van der Waals surface area (Å²) in [6.07, 6.45) is 1.09. The lowest BCUT2D eigenvalue weighted by Crippen LogP contribution is -2.38. The van der Waals surface area contributed by atoms with Crippen LogP contribution in [0.4, 0.5) is 0 Å². The van der Waals surface area contributed by atoms with Crippen LogP contribution in [-0.2, 0) is 15.6 Å². The number of sulfone groups is 1. The van der Waals surface area contributed by atoms with Crippen LogP contribution in [0.25, 0.3) is 0 Å². The molecule has 7 heteroatoms. The first kappa shape index (κ1) is 14.0. The van der Waals surface area contributed by atoms with E-state index < -0.39 is 15.6 Å². The molecule has 0 bridgehead atoms. The van der Waals surface area contributed by atoms with Gasteiger partial charge in [-0.05, 0) is 12.1 Å². The second-order valence-corrected chi connectivity index (χ2v) is 5.96. The molecule has 17 heavy (non-hydrogen) atoms. The molecule has 1 rings (SSSR count). The Morgan fingerprint density at radius 3 is 2.53 bits per heavy atom. The van der Waals surface area contributed by atoms with Crippen LogP contribution in [0.1, 0.15) is 19.0 Å². The molecule has 4 N–H and O–H groups in total. The van der Waals surface area contributed by atoms with Crippen molar-refractivity contribution in [2.45, 2.75) is 24.0 Å². The summed E-state index contributed by atoms with van der Waals surface area (Å²) in [7, 11) is -3.31. The average Bonchev–Trinajstić information content (AvgIpc) is 2.29. The number of nitrogens with two attached hydrogens (primary N) is 1. The second-order valence-electron chi connectivity index (χ2n) is 3.68. The summed E-state index contributed by atoms with van der Waals surface area (Å²) in [5, 5.41) is 18.5. The monoisotopic (exact) mass is 260 g/mol. The molecule has 1 aromatic rings. The molecule has 6 nitrogen and oxygen atoms in total. The van der Waals surface area contributed by atoms with Crippen LogP contribution in [-0.4, -0.2) is 36.0 Å². The zero-order valence-electron chi connectivity index (χ0n) is 9.50. The minimum absolute atomic E-state index is 0.0163. The Balaban J connectivity index is 3.04. The molecular formula is C10H16N2O4S. The van der Waals surface area contributed by atoms with Crippen LogP contribution in [0.15, 0.2) is 23.2 Å². The highest BCUT2D eigenvalue weighted by atomic mass is 32.2. The molecule has 0 amide bonds. The molecular weight excluding hydrogens is 244 g/mol. The van der Waals surface area contributed by atoms with Gasteiger partial charge in [0.05, 0.1) is 16.3 Å². The molecule has 0 aliphatic carbocycles. The minimum atomic E-state index is -3.31. The van der Waals surface area contributed by atoms with Gasteiger partial charge in [-0.25, -0.2) is 8.42 Å². The van der Waals surface area contributed by atoms with Crippen LogP contribution < -0.4 is 5.73 Å². The maximum absolute atomic E-state index is 11.5. The number of hydrogen-bond acceptors (Lipinski definition) is 6. The van der Waals surface area contributed by atoms with Gasteiger partial charge in [0.15, 0.2) is 15.6 Å². The van der Waals surface area contributed by atoms with Crippen molar-refractivity contribution in [3.8, 4) is 0 Å². The second kappa shape index (κ2) is 5.09. The minimum Gasteiger partial charge on any atom is -0.396 e. The van der Waals surface area contributed by atoms with E-state index >= 15 is 0 Å². The quantitative estimate of drug-likeness (QED) is 0.607. The predicted molar refractivity (Wildman–Crippen MR) is 61.8 cm³/mol. The first-order valence-corrected chi connectivity index (χ1v) is 6.80. The lowest BCUT2D eigenvalue weighted by molar-refractivity contribution is 0.0135. The highest BCUT2D eigenvalue weighted by Gasteiger charge is 2.25. The van der Waals surface area contributed by atoms with Gasteiger partial charge in [0.2, 0.25) is 0 Å². The van der Waals surface area contributed by atoms with Gasteiger partial charge in [-0.1, -0.05) is 6.92 Å². The Morgan fingerprint density at radius 1 is 1.47 bits per heavy atom. The molecule has 0 saturated carbocycles. The molecule has 0 saturated heterocycles. The summed E-state index contributed by atoms with van der Waals surface area (Å²) in [6.45, 7) is 1.25. The molecule has 1 unspecified atom stereocenters. The van der Waals surface area contributed by atoms with E-state index in [0.29, 0.717) is 0 Å². The SMILES string of the molecule is CCS(=O)(=O)c1ccc(C(N)(O)CCO)nc1. The number of hydrogen-bond donors (Lipinski definition) is 3. The smallest absolute Gasteiger partial charge is 0.179 e. The molecule has 1 aromatic heterocycles. The van der Waals surface area contributed by atoms with E-state index in [-0.39, 0.29) is 29.4 Å². The molecule has 96 valence electrons. The van der Waals surface area contributed by atoms with Crippen molar-refractivity contribution in [2.75, 3.05) is 12.4 Å². The highest BCUT2D eigenvalue weighted by Crippen LogP contribution is 2.18. The lowest BCUT2D eigenvalue weighted by Gasteiger charge is -2.21. The number of pyridine rings is 1. The Labute approximate surface area is 100 Å². The third-order valence-corrected chi connectivity index (χ3v) is 4.13. The number of aliphatic hydroxyl groups is 2. The van der Waals surface area contributed by atoms with E-state index in [1.807, 2.05) is 0 Å². The first-order valence-electron chi connectivity index (χ1n) is 5.15. The first-order chi connectivity index (χ1) is 7.83. The van der Waals surface area contributed by atoms with Gasteiger partial charge in [0, 0.05) is 19.2 Å². The fourth-order valence-corrected chi connectivity index (χ4v) is 2.11. The van der Waals surface area contributed by atoms with Crippen LogP contribution in [0.3, 0.4) is 0 Å². The third kappa shape index (κ3) is 3.22. The molecule has 0 radical (unpaired) electrons. The fraction of sp³-hybridized carbons (Fsp3) is 0.500. The van der Waals surface area contributed by atoms with E-state index in [4.69, 9.17) is 10.8 Å². The molecule has 0 fully saturated rings. The van der Waals surface area contributed by atoms with Crippen LogP contribution in [0.2, 0.25) is 0 Å². The number of rotatable bonds is 5. The van der Waals surface area contributed by atoms with E-state index in [2.05, 4.69) is 4.98 Å². The van der Waals surface area contributed by atoms with E-state index in [0.717, 1.165) is 6.20 Å². The van der Waals surface area contributed by atoms with Crippen molar-refractivity contribution in [3.05, 3.63) is 24.0 Å². The van der Waals surface area contributed by atoms with E-state index in [9.17, 15) is 13.5 Å². The van der Waals surface area contributed by atoms with Crippen molar-refractivity contribution < 1.29 is 18.6 Å². The van der Waals surface area contributed by atoms with Gasteiger partial charge in [0.1, 0.15) is 0 Å². The Bertz CT molecular complexity index is 468. The molecule has 1 atom stereocenters. The van der Waals surface area contributed by atoms with Crippen molar-refractivity contribution in [1.82, 2.24) is 4.98 Å². The normalized spacial score (nSPS) is 15.5. The summed E-state index contributed by atoms with van der Waals surface area (Å²) in [6, 6.07) is 2.69. The number of aliphatic hydroxyl groups excluding tert-OH is 1. The maximum atomic E-state index is 11.5. The number of aromatic nitrogens is 1. The Hall–Kier alpha value is -1.02. The molecule has 0 aliphatic heterocycles. The molecule has 1 heterocycles. The predicted octanol–water partition coefficient (Wildman–Crippen LogP) is -0.639. The zero-order chi connectivity index (χ0) is 13.1. The highest BCUT2D eigenvalue weighted by molar-refractivity contribution is 7.91. The van der Waals surface area contributed by atoms with Crippen LogP contribution in [0.5, 0.6) is 0 Å². The summed E-state index contributed by atoms with van der Waals surface area (Å²) >= 11 is 0. The fourth-order valence-electron chi connectivity index (χ4n) is 1.29. The Morgan fingerprint density at radius 2 is 2.12 bits per heavy atom.